The van der Waals surface area contributed by atoms with Crippen LogP contribution in [0.5, 0.6) is 0 Å². The van der Waals surface area contributed by atoms with Gasteiger partial charge >= 0.3 is 6.03 Å². The quantitative estimate of drug-likeness (QED) is 0.838. The second-order valence-corrected chi connectivity index (χ2v) is 5.43. The fraction of sp³-hybridized carbons (Fsp3) is 0.133. The first-order valence-corrected chi connectivity index (χ1v) is 7.02. The number of hydrogen-bond acceptors (Lipinski definition) is 3. The van der Waals surface area contributed by atoms with Gasteiger partial charge in [-0.15, -0.1) is 0 Å². The molecule has 0 bridgehead atoms. The lowest BCUT2D eigenvalue weighted by molar-refractivity contribution is 0.0988. The molecule has 0 atom stereocenters. The molecule has 0 spiro atoms. The summed E-state index contributed by atoms with van der Waals surface area (Å²) in [6.45, 7) is 0. The van der Waals surface area contributed by atoms with E-state index in [0.717, 1.165) is 9.37 Å². The number of pyridine rings is 1. The van der Waals surface area contributed by atoms with Crippen LogP contribution in [-0.2, 0) is 0 Å². The van der Waals surface area contributed by atoms with E-state index >= 15 is 0 Å². The largest absolute Gasteiger partial charge is 0.332 e. The third-order valence-corrected chi connectivity index (χ3v) is 3.28. The first-order valence-electron chi connectivity index (χ1n) is 6.23. The number of imide groups is 1. The van der Waals surface area contributed by atoms with E-state index in [0.29, 0.717) is 11.4 Å². The minimum Gasteiger partial charge on any atom is -0.330 e. The fourth-order valence-electron chi connectivity index (χ4n) is 1.70. The Morgan fingerprint density at radius 1 is 1.05 bits per heavy atom. The van der Waals surface area contributed by atoms with E-state index in [2.05, 4.69) is 20.9 Å². The molecule has 108 valence electrons. The second-order valence-electron chi connectivity index (χ2n) is 4.51. The van der Waals surface area contributed by atoms with Crippen LogP contribution in [0.1, 0.15) is 10.4 Å². The Hall–Kier alpha value is -2.21. The lowest BCUT2D eigenvalue weighted by Crippen LogP contribution is -2.43. The highest BCUT2D eigenvalue weighted by atomic mass is 79.9. The molecule has 0 saturated heterocycles. The van der Waals surface area contributed by atoms with Crippen LogP contribution in [-0.4, -0.2) is 35.9 Å². The van der Waals surface area contributed by atoms with Crippen molar-refractivity contribution in [1.29, 1.82) is 0 Å². The molecule has 2 rings (SSSR count). The summed E-state index contributed by atoms with van der Waals surface area (Å²) in [6.07, 6.45) is 1.54. The smallest absolute Gasteiger partial charge is 0.330 e. The van der Waals surface area contributed by atoms with Crippen LogP contribution in [0.2, 0.25) is 0 Å². The maximum Gasteiger partial charge on any atom is 0.332 e. The highest BCUT2D eigenvalue weighted by Gasteiger charge is 2.26. The van der Waals surface area contributed by atoms with Crippen molar-refractivity contribution in [2.75, 3.05) is 19.0 Å². The maximum absolute atomic E-state index is 12.6. The second kappa shape index (κ2) is 6.49. The van der Waals surface area contributed by atoms with E-state index in [9.17, 15) is 9.59 Å². The molecule has 0 unspecified atom stereocenters. The van der Waals surface area contributed by atoms with Crippen LogP contribution < -0.4 is 4.90 Å². The Morgan fingerprint density at radius 2 is 1.71 bits per heavy atom. The van der Waals surface area contributed by atoms with Gasteiger partial charge in [0.2, 0.25) is 0 Å². The maximum atomic E-state index is 12.6. The van der Waals surface area contributed by atoms with Crippen molar-refractivity contribution in [1.82, 2.24) is 9.88 Å². The van der Waals surface area contributed by atoms with Gasteiger partial charge in [0.1, 0.15) is 5.82 Å². The summed E-state index contributed by atoms with van der Waals surface area (Å²) in [5.41, 5.74) is 0.416. The average Bonchev–Trinajstić information content (AvgIpc) is 2.49. The highest BCUT2D eigenvalue weighted by Crippen LogP contribution is 2.17. The fourth-order valence-corrected chi connectivity index (χ4v) is 1.96. The van der Waals surface area contributed by atoms with Gasteiger partial charge in [0.05, 0.1) is 0 Å². The Morgan fingerprint density at radius 3 is 2.24 bits per heavy atom. The van der Waals surface area contributed by atoms with Crippen LogP contribution in [0.4, 0.5) is 10.6 Å². The van der Waals surface area contributed by atoms with Crippen molar-refractivity contribution in [3.8, 4) is 0 Å². The first-order chi connectivity index (χ1) is 10.0. The molecule has 2 aromatic rings. The average molecular weight is 348 g/mol. The van der Waals surface area contributed by atoms with E-state index in [1.54, 1.807) is 62.8 Å². The lowest BCUT2D eigenvalue weighted by Gasteiger charge is -2.23. The first kappa shape index (κ1) is 15.2. The van der Waals surface area contributed by atoms with E-state index in [4.69, 9.17) is 0 Å². The number of aromatic nitrogens is 1. The van der Waals surface area contributed by atoms with Crippen molar-refractivity contribution in [2.45, 2.75) is 0 Å². The topological polar surface area (TPSA) is 53.5 Å². The SMILES string of the molecule is CN(C)C(=O)N(C(=O)c1ccc(Br)cc1)c1ccccn1. The van der Waals surface area contributed by atoms with E-state index < -0.39 is 11.9 Å². The molecule has 0 aliphatic carbocycles. The molecular weight excluding hydrogens is 334 g/mol. The summed E-state index contributed by atoms with van der Waals surface area (Å²) in [5.74, 6) is -0.121. The van der Waals surface area contributed by atoms with Gasteiger partial charge in [0.15, 0.2) is 0 Å². The van der Waals surface area contributed by atoms with Gasteiger partial charge in [-0.25, -0.2) is 14.7 Å². The summed E-state index contributed by atoms with van der Waals surface area (Å²) in [4.78, 5) is 31.4. The van der Waals surface area contributed by atoms with Crippen LogP contribution in [0, 0.1) is 0 Å². The minimum atomic E-state index is -0.443. The van der Waals surface area contributed by atoms with E-state index in [-0.39, 0.29) is 0 Å². The lowest BCUT2D eigenvalue weighted by atomic mass is 10.2. The van der Waals surface area contributed by atoms with Crippen molar-refractivity contribution >= 4 is 33.7 Å². The summed E-state index contributed by atoms with van der Waals surface area (Å²) in [7, 11) is 3.18. The molecular formula is C15H14BrN3O2. The van der Waals surface area contributed by atoms with Crippen molar-refractivity contribution in [2.24, 2.45) is 0 Å². The van der Waals surface area contributed by atoms with Crippen LogP contribution in [0.3, 0.4) is 0 Å². The normalized spacial score (nSPS) is 10.0. The molecule has 1 aromatic carbocycles. The van der Waals surface area contributed by atoms with Gasteiger partial charge in [-0.2, -0.15) is 0 Å². The minimum absolute atomic E-state index is 0.295. The number of anilines is 1. The van der Waals surface area contributed by atoms with Gasteiger partial charge in [-0.1, -0.05) is 22.0 Å². The number of urea groups is 1. The van der Waals surface area contributed by atoms with Gasteiger partial charge in [-0.3, -0.25) is 4.79 Å². The number of nitrogens with zero attached hydrogens (tertiary/aromatic N) is 3. The molecule has 0 aliphatic rings. The zero-order valence-corrected chi connectivity index (χ0v) is 13.2. The zero-order valence-electron chi connectivity index (χ0n) is 11.7. The Balaban J connectivity index is 2.42. The van der Waals surface area contributed by atoms with Crippen molar-refractivity contribution < 1.29 is 9.59 Å². The number of rotatable bonds is 2. The predicted molar refractivity (Wildman–Crippen MR) is 84.3 cm³/mol. The van der Waals surface area contributed by atoms with Crippen LogP contribution in [0.25, 0.3) is 0 Å². The number of amides is 3. The summed E-state index contributed by atoms with van der Waals surface area (Å²) < 4.78 is 0.863. The number of carbonyl (C=O) groups excluding carboxylic acids is 2. The van der Waals surface area contributed by atoms with Gasteiger partial charge in [0.25, 0.3) is 5.91 Å². The molecule has 0 radical (unpaired) electrons. The van der Waals surface area contributed by atoms with E-state index in [1.165, 1.54) is 4.90 Å². The predicted octanol–water partition coefficient (Wildman–Crippen LogP) is 3.17. The Bertz CT molecular complexity index is 642. The number of halogens is 1. The molecule has 0 N–H and O–H groups in total. The Labute approximate surface area is 131 Å². The molecule has 0 fully saturated rings. The van der Waals surface area contributed by atoms with Crippen molar-refractivity contribution in [3.63, 3.8) is 0 Å². The van der Waals surface area contributed by atoms with E-state index in [1.807, 2.05) is 0 Å². The van der Waals surface area contributed by atoms with Gasteiger partial charge in [0, 0.05) is 30.3 Å². The third kappa shape index (κ3) is 3.46. The molecule has 3 amide bonds. The standard InChI is InChI=1S/C15H14BrN3O2/c1-18(2)15(21)19(13-5-3-4-10-17-13)14(20)11-6-8-12(16)9-7-11/h3-10H,1-2H3. The van der Waals surface area contributed by atoms with Crippen LogP contribution in [0.15, 0.2) is 53.1 Å². The Kier molecular flexibility index (Phi) is 4.70. The summed E-state index contributed by atoms with van der Waals surface area (Å²) in [5, 5.41) is 0. The molecule has 5 nitrogen and oxygen atoms in total. The van der Waals surface area contributed by atoms with Crippen LogP contribution >= 0.6 is 15.9 Å². The zero-order chi connectivity index (χ0) is 15.4. The molecule has 1 aromatic heterocycles. The number of carbonyl (C=O) groups is 2. The summed E-state index contributed by atoms with van der Waals surface area (Å²) >= 11 is 3.32. The highest BCUT2D eigenvalue weighted by molar-refractivity contribution is 9.10. The molecule has 6 heteroatoms. The number of benzene rings is 1. The van der Waals surface area contributed by atoms with Crippen molar-refractivity contribution in [3.05, 3.63) is 58.7 Å². The molecule has 1 heterocycles. The number of hydrogen-bond donors (Lipinski definition) is 0. The molecule has 21 heavy (non-hydrogen) atoms. The molecule has 0 saturated carbocycles. The third-order valence-electron chi connectivity index (χ3n) is 2.75. The molecule has 0 aliphatic heterocycles. The van der Waals surface area contributed by atoms with Gasteiger partial charge in [-0.05, 0) is 36.4 Å². The monoisotopic (exact) mass is 347 g/mol. The van der Waals surface area contributed by atoms with Gasteiger partial charge < -0.3 is 4.90 Å². The summed E-state index contributed by atoms with van der Waals surface area (Å²) in [6, 6.07) is 11.5.